The van der Waals surface area contributed by atoms with Gasteiger partial charge in [0.15, 0.2) is 5.13 Å². The lowest BCUT2D eigenvalue weighted by Crippen LogP contribution is -1.91. The van der Waals surface area contributed by atoms with Crippen LogP contribution in [0.4, 0.5) is 10.8 Å². The number of benzene rings is 2. The maximum atomic E-state index is 8.98. The van der Waals surface area contributed by atoms with Crippen LogP contribution in [0.25, 0.3) is 16.9 Å². The Hall–Kier alpha value is -3.43. The average Bonchev–Trinajstić information content (AvgIpc) is 3.34. The summed E-state index contributed by atoms with van der Waals surface area (Å²) < 4.78 is 1.96. The molecule has 25 heavy (non-hydrogen) atoms. The van der Waals surface area contributed by atoms with Gasteiger partial charge in [-0.1, -0.05) is 18.2 Å². The Morgan fingerprint density at radius 3 is 2.76 bits per heavy atom. The van der Waals surface area contributed by atoms with E-state index in [0.29, 0.717) is 5.56 Å². The van der Waals surface area contributed by atoms with Gasteiger partial charge >= 0.3 is 0 Å². The van der Waals surface area contributed by atoms with Crippen LogP contribution >= 0.6 is 11.3 Å². The molecular weight excluding hydrogens is 330 g/mol. The second-order valence-electron chi connectivity index (χ2n) is 5.37. The van der Waals surface area contributed by atoms with E-state index in [4.69, 9.17) is 5.26 Å². The summed E-state index contributed by atoms with van der Waals surface area (Å²) in [6, 6.07) is 17.7. The van der Waals surface area contributed by atoms with Crippen LogP contribution in [-0.4, -0.2) is 14.5 Å². The molecule has 0 amide bonds. The SMILES string of the molecule is N#Cc1cccc(Nc2nc(-c3ccc(-n4ccnc4)cc3)cs2)c1. The van der Waals surface area contributed by atoms with Crippen LogP contribution in [0.1, 0.15) is 5.56 Å². The Kier molecular flexibility index (Phi) is 3.99. The fourth-order valence-corrected chi connectivity index (χ4v) is 3.21. The van der Waals surface area contributed by atoms with Crippen molar-refractivity contribution in [3.63, 3.8) is 0 Å². The second-order valence-corrected chi connectivity index (χ2v) is 6.23. The molecule has 0 saturated carbocycles. The third-order valence-electron chi connectivity index (χ3n) is 3.71. The summed E-state index contributed by atoms with van der Waals surface area (Å²) in [5.41, 5.74) is 4.51. The zero-order valence-corrected chi connectivity index (χ0v) is 13.9. The number of aromatic nitrogens is 3. The molecule has 0 aliphatic carbocycles. The van der Waals surface area contributed by atoms with Crippen LogP contribution in [0.5, 0.6) is 0 Å². The van der Waals surface area contributed by atoms with Crippen LogP contribution in [0, 0.1) is 11.3 Å². The van der Waals surface area contributed by atoms with Gasteiger partial charge in [0.1, 0.15) is 0 Å². The van der Waals surface area contributed by atoms with E-state index < -0.39 is 0 Å². The Labute approximate surface area is 148 Å². The van der Waals surface area contributed by atoms with Gasteiger partial charge in [0, 0.05) is 34.7 Å². The summed E-state index contributed by atoms with van der Waals surface area (Å²) in [6.45, 7) is 0. The molecule has 0 fully saturated rings. The van der Waals surface area contributed by atoms with E-state index in [1.807, 2.05) is 52.5 Å². The summed E-state index contributed by atoms with van der Waals surface area (Å²) in [5.74, 6) is 0. The smallest absolute Gasteiger partial charge is 0.187 e. The summed E-state index contributed by atoms with van der Waals surface area (Å²) in [6.07, 6.45) is 5.44. The summed E-state index contributed by atoms with van der Waals surface area (Å²) in [5, 5.41) is 15.0. The molecule has 0 saturated heterocycles. The van der Waals surface area contributed by atoms with Gasteiger partial charge in [-0.3, -0.25) is 0 Å². The summed E-state index contributed by atoms with van der Waals surface area (Å²) in [4.78, 5) is 8.69. The van der Waals surface area contributed by atoms with Crippen molar-refractivity contribution in [1.29, 1.82) is 5.26 Å². The van der Waals surface area contributed by atoms with Crippen molar-refractivity contribution in [3.05, 3.63) is 78.2 Å². The van der Waals surface area contributed by atoms with Gasteiger partial charge in [-0.2, -0.15) is 5.26 Å². The van der Waals surface area contributed by atoms with Crippen molar-refractivity contribution in [2.75, 3.05) is 5.32 Å². The van der Waals surface area contributed by atoms with Crippen LogP contribution in [0.3, 0.4) is 0 Å². The molecule has 4 rings (SSSR count). The van der Waals surface area contributed by atoms with E-state index in [1.54, 1.807) is 24.7 Å². The molecule has 0 unspecified atom stereocenters. The van der Waals surface area contributed by atoms with Gasteiger partial charge in [-0.05, 0) is 30.3 Å². The number of imidazole rings is 1. The Morgan fingerprint density at radius 2 is 2.00 bits per heavy atom. The lowest BCUT2D eigenvalue weighted by molar-refractivity contribution is 1.06. The zero-order chi connectivity index (χ0) is 17.1. The number of hydrogen-bond acceptors (Lipinski definition) is 5. The van der Waals surface area contributed by atoms with Crippen molar-refractivity contribution >= 4 is 22.2 Å². The van der Waals surface area contributed by atoms with E-state index in [-0.39, 0.29) is 0 Å². The molecule has 6 heteroatoms. The minimum absolute atomic E-state index is 0.622. The lowest BCUT2D eigenvalue weighted by Gasteiger charge is -2.03. The van der Waals surface area contributed by atoms with Crippen LogP contribution in [0.2, 0.25) is 0 Å². The highest BCUT2D eigenvalue weighted by Crippen LogP contribution is 2.28. The first kappa shape index (κ1) is 15.1. The minimum atomic E-state index is 0.622. The maximum absolute atomic E-state index is 8.98. The molecule has 0 radical (unpaired) electrons. The highest BCUT2D eigenvalue weighted by molar-refractivity contribution is 7.14. The molecule has 4 aromatic rings. The maximum Gasteiger partial charge on any atom is 0.187 e. The quantitative estimate of drug-likeness (QED) is 0.587. The molecule has 120 valence electrons. The molecule has 0 spiro atoms. The zero-order valence-electron chi connectivity index (χ0n) is 13.1. The second kappa shape index (κ2) is 6.59. The normalized spacial score (nSPS) is 10.4. The molecule has 2 aromatic heterocycles. The molecule has 2 heterocycles. The van der Waals surface area contributed by atoms with E-state index in [2.05, 4.69) is 21.4 Å². The molecule has 0 aliphatic rings. The Bertz CT molecular complexity index is 1030. The van der Waals surface area contributed by atoms with Gasteiger partial charge in [-0.15, -0.1) is 11.3 Å². The van der Waals surface area contributed by atoms with Crippen molar-refractivity contribution in [3.8, 4) is 23.0 Å². The van der Waals surface area contributed by atoms with E-state index in [1.165, 1.54) is 11.3 Å². The van der Waals surface area contributed by atoms with Crippen LogP contribution in [0.15, 0.2) is 72.6 Å². The van der Waals surface area contributed by atoms with Crippen molar-refractivity contribution in [2.24, 2.45) is 0 Å². The van der Waals surface area contributed by atoms with Crippen molar-refractivity contribution in [2.45, 2.75) is 0 Å². The topological polar surface area (TPSA) is 66.5 Å². The highest BCUT2D eigenvalue weighted by Gasteiger charge is 2.06. The fraction of sp³-hybridized carbons (Fsp3) is 0. The van der Waals surface area contributed by atoms with Crippen molar-refractivity contribution in [1.82, 2.24) is 14.5 Å². The fourth-order valence-electron chi connectivity index (χ4n) is 2.47. The Balaban J connectivity index is 1.54. The molecular formula is C19H13N5S. The van der Waals surface area contributed by atoms with E-state index in [9.17, 15) is 0 Å². The first-order valence-electron chi connectivity index (χ1n) is 7.63. The number of rotatable bonds is 4. The Morgan fingerprint density at radius 1 is 1.12 bits per heavy atom. The largest absolute Gasteiger partial charge is 0.331 e. The monoisotopic (exact) mass is 343 g/mol. The predicted molar refractivity (Wildman–Crippen MR) is 99.1 cm³/mol. The number of hydrogen-bond donors (Lipinski definition) is 1. The van der Waals surface area contributed by atoms with Crippen LogP contribution in [-0.2, 0) is 0 Å². The third-order valence-corrected chi connectivity index (χ3v) is 4.47. The van der Waals surface area contributed by atoms with E-state index >= 15 is 0 Å². The number of anilines is 2. The van der Waals surface area contributed by atoms with E-state index in [0.717, 1.165) is 27.8 Å². The number of thiazole rings is 1. The standard InChI is InChI=1S/C19H13N5S/c20-11-14-2-1-3-16(10-14)22-19-23-18(12-25-19)15-4-6-17(7-5-15)24-9-8-21-13-24/h1-10,12-13H,(H,22,23). The molecule has 5 nitrogen and oxygen atoms in total. The molecule has 0 aliphatic heterocycles. The van der Waals surface area contributed by atoms with Crippen molar-refractivity contribution < 1.29 is 0 Å². The molecule has 2 aromatic carbocycles. The summed E-state index contributed by atoms with van der Waals surface area (Å²) in [7, 11) is 0. The van der Waals surface area contributed by atoms with Crippen LogP contribution < -0.4 is 5.32 Å². The molecule has 0 atom stereocenters. The number of nitrogens with one attached hydrogen (secondary N) is 1. The lowest BCUT2D eigenvalue weighted by atomic mass is 10.1. The van der Waals surface area contributed by atoms with Gasteiger partial charge in [0.25, 0.3) is 0 Å². The first-order valence-corrected chi connectivity index (χ1v) is 8.51. The molecule has 1 N–H and O–H groups in total. The van der Waals surface area contributed by atoms with Gasteiger partial charge in [0.2, 0.25) is 0 Å². The number of nitriles is 1. The predicted octanol–water partition coefficient (Wildman–Crippen LogP) is 4.61. The van der Waals surface area contributed by atoms with Gasteiger partial charge < -0.3 is 9.88 Å². The summed E-state index contributed by atoms with van der Waals surface area (Å²) >= 11 is 1.53. The third kappa shape index (κ3) is 3.27. The minimum Gasteiger partial charge on any atom is -0.331 e. The number of nitrogens with zero attached hydrogens (tertiary/aromatic N) is 4. The van der Waals surface area contributed by atoms with Gasteiger partial charge in [0.05, 0.1) is 23.7 Å². The van der Waals surface area contributed by atoms with Gasteiger partial charge in [-0.25, -0.2) is 9.97 Å². The highest BCUT2D eigenvalue weighted by atomic mass is 32.1. The molecule has 0 bridgehead atoms. The first-order chi connectivity index (χ1) is 12.3. The average molecular weight is 343 g/mol.